The van der Waals surface area contributed by atoms with E-state index in [9.17, 15) is 9.90 Å². The average molecular weight is 328 g/mol. The SMILES string of the molecule is COc1cccc(NC(=O)CC(C)NC(CO)c2ccccc2)c1. The molecule has 2 atom stereocenters. The van der Waals surface area contributed by atoms with Crippen LogP contribution in [0.5, 0.6) is 5.75 Å². The number of ether oxygens (including phenoxy) is 1. The Hall–Kier alpha value is -2.37. The van der Waals surface area contributed by atoms with Gasteiger partial charge in [-0.05, 0) is 24.6 Å². The van der Waals surface area contributed by atoms with Gasteiger partial charge in [0.05, 0.1) is 19.8 Å². The molecule has 0 aliphatic heterocycles. The van der Waals surface area contributed by atoms with Gasteiger partial charge in [0.15, 0.2) is 0 Å². The minimum Gasteiger partial charge on any atom is -0.497 e. The van der Waals surface area contributed by atoms with E-state index in [1.165, 1.54) is 0 Å². The molecule has 3 N–H and O–H groups in total. The first-order chi connectivity index (χ1) is 11.6. The maximum Gasteiger partial charge on any atom is 0.225 e. The molecule has 2 unspecified atom stereocenters. The number of rotatable bonds is 8. The van der Waals surface area contributed by atoms with E-state index in [1.54, 1.807) is 13.2 Å². The smallest absolute Gasteiger partial charge is 0.225 e. The van der Waals surface area contributed by atoms with Crippen molar-refractivity contribution in [1.82, 2.24) is 5.32 Å². The molecule has 0 aliphatic carbocycles. The van der Waals surface area contributed by atoms with E-state index in [-0.39, 0.29) is 24.6 Å². The van der Waals surface area contributed by atoms with Crippen molar-refractivity contribution in [3.63, 3.8) is 0 Å². The van der Waals surface area contributed by atoms with Gasteiger partial charge in [0, 0.05) is 24.2 Å². The minimum absolute atomic E-state index is 0.0220. The third-order valence-electron chi connectivity index (χ3n) is 3.72. The Morgan fingerprint density at radius 3 is 2.58 bits per heavy atom. The number of methoxy groups -OCH3 is 1. The van der Waals surface area contributed by atoms with E-state index in [4.69, 9.17) is 4.74 Å². The van der Waals surface area contributed by atoms with Gasteiger partial charge in [0.25, 0.3) is 0 Å². The van der Waals surface area contributed by atoms with E-state index < -0.39 is 0 Å². The van der Waals surface area contributed by atoms with Gasteiger partial charge in [0.1, 0.15) is 5.75 Å². The summed E-state index contributed by atoms with van der Waals surface area (Å²) in [6.07, 6.45) is 0.306. The zero-order valence-corrected chi connectivity index (χ0v) is 14.0. The predicted octanol–water partition coefficient (Wildman–Crippen LogP) is 2.74. The van der Waals surface area contributed by atoms with Gasteiger partial charge in [-0.3, -0.25) is 4.79 Å². The quantitative estimate of drug-likeness (QED) is 0.697. The van der Waals surface area contributed by atoms with Crippen LogP contribution in [-0.4, -0.2) is 30.8 Å². The number of aliphatic hydroxyl groups excluding tert-OH is 1. The van der Waals surface area contributed by atoms with Crippen molar-refractivity contribution >= 4 is 11.6 Å². The van der Waals surface area contributed by atoms with Crippen LogP contribution in [0.15, 0.2) is 54.6 Å². The van der Waals surface area contributed by atoms with Crippen molar-refractivity contribution in [1.29, 1.82) is 0 Å². The van der Waals surface area contributed by atoms with Gasteiger partial charge >= 0.3 is 0 Å². The summed E-state index contributed by atoms with van der Waals surface area (Å²) in [5.74, 6) is 0.608. The Kier molecular flexibility index (Phi) is 6.78. The summed E-state index contributed by atoms with van der Waals surface area (Å²) in [7, 11) is 1.59. The molecule has 2 aromatic carbocycles. The molecular formula is C19H24N2O3. The molecule has 0 fully saturated rings. The van der Waals surface area contributed by atoms with Gasteiger partial charge in [0.2, 0.25) is 5.91 Å². The molecule has 5 heteroatoms. The summed E-state index contributed by atoms with van der Waals surface area (Å²) in [6.45, 7) is 1.91. The Labute approximate surface area is 142 Å². The van der Waals surface area contributed by atoms with Crippen LogP contribution in [0.1, 0.15) is 24.9 Å². The third-order valence-corrected chi connectivity index (χ3v) is 3.72. The van der Waals surface area contributed by atoms with Crippen molar-refractivity contribution in [2.45, 2.75) is 25.4 Å². The number of benzene rings is 2. The lowest BCUT2D eigenvalue weighted by molar-refractivity contribution is -0.116. The topological polar surface area (TPSA) is 70.6 Å². The van der Waals surface area contributed by atoms with Crippen molar-refractivity contribution < 1.29 is 14.6 Å². The number of amides is 1. The number of aliphatic hydroxyl groups is 1. The fraction of sp³-hybridized carbons (Fsp3) is 0.316. The maximum absolute atomic E-state index is 12.2. The summed E-state index contributed by atoms with van der Waals surface area (Å²) in [6, 6.07) is 16.7. The number of hydrogen-bond acceptors (Lipinski definition) is 4. The third kappa shape index (κ3) is 5.37. The Morgan fingerprint density at radius 1 is 1.17 bits per heavy atom. The Balaban J connectivity index is 1.88. The van der Waals surface area contributed by atoms with Gasteiger partial charge in [-0.15, -0.1) is 0 Å². The summed E-state index contributed by atoms with van der Waals surface area (Å²) in [4.78, 5) is 12.2. The summed E-state index contributed by atoms with van der Waals surface area (Å²) >= 11 is 0. The summed E-state index contributed by atoms with van der Waals surface area (Å²) in [5, 5.41) is 15.7. The molecule has 128 valence electrons. The van der Waals surface area contributed by atoms with E-state index in [0.29, 0.717) is 17.9 Å². The fourth-order valence-corrected chi connectivity index (χ4v) is 2.53. The second-order valence-electron chi connectivity index (χ2n) is 5.70. The number of carbonyl (C=O) groups excluding carboxylic acids is 1. The number of hydrogen-bond donors (Lipinski definition) is 3. The summed E-state index contributed by atoms with van der Waals surface area (Å²) in [5.41, 5.74) is 1.70. The second-order valence-corrected chi connectivity index (χ2v) is 5.70. The fourth-order valence-electron chi connectivity index (χ4n) is 2.53. The maximum atomic E-state index is 12.2. The largest absolute Gasteiger partial charge is 0.497 e. The summed E-state index contributed by atoms with van der Waals surface area (Å²) < 4.78 is 5.14. The normalized spacial score (nSPS) is 13.1. The zero-order valence-electron chi connectivity index (χ0n) is 14.0. The molecule has 0 saturated heterocycles. The van der Waals surface area contributed by atoms with Crippen LogP contribution in [0.25, 0.3) is 0 Å². The minimum atomic E-state index is -0.189. The van der Waals surface area contributed by atoms with E-state index in [1.807, 2.05) is 55.5 Å². The van der Waals surface area contributed by atoms with Gasteiger partial charge < -0.3 is 20.5 Å². The van der Waals surface area contributed by atoms with Crippen molar-refractivity contribution in [3.05, 3.63) is 60.2 Å². The second kappa shape index (κ2) is 9.05. The predicted molar refractivity (Wildman–Crippen MR) is 95.1 cm³/mol. The molecule has 5 nitrogen and oxygen atoms in total. The highest BCUT2D eigenvalue weighted by Crippen LogP contribution is 2.17. The van der Waals surface area contributed by atoms with Crippen molar-refractivity contribution in [3.8, 4) is 5.75 Å². The molecule has 0 heterocycles. The highest BCUT2D eigenvalue weighted by atomic mass is 16.5. The lowest BCUT2D eigenvalue weighted by atomic mass is 10.1. The van der Waals surface area contributed by atoms with Crippen LogP contribution in [0.4, 0.5) is 5.69 Å². The molecule has 0 aliphatic rings. The molecule has 0 aromatic heterocycles. The van der Waals surface area contributed by atoms with Crippen LogP contribution in [0.3, 0.4) is 0 Å². The lowest BCUT2D eigenvalue weighted by Crippen LogP contribution is -2.35. The highest BCUT2D eigenvalue weighted by molar-refractivity contribution is 5.91. The van der Waals surface area contributed by atoms with Crippen molar-refractivity contribution in [2.24, 2.45) is 0 Å². The van der Waals surface area contributed by atoms with E-state index in [2.05, 4.69) is 10.6 Å². The van der Waals surface area contributed by atoms with E-state index in [0.717, 1.165) is 5.56 Å². The number of nitrogens with one attached hydrogen (secondary N) is 2. The van der Waals surface area contributed by atoms with Crippen LogP contribution in [-0.2, 0) is 4.79 Å². The Morgan fingerprint density at radius 2 is 1.92 bits per heavy atom. The average Bonchev–Trinajstić information content (AvgIpc) is 2.60. The molecule has 24 heavy (non-hydrogen) atoms. The number of anilines is 1. The first kappa shape index (κ1) is 18.0. The standard InChI is InChI=1S/C19H24N2O3/c1-14(20-18(13-22)15-7-4-3-5-8-15)11-19(23)21-16-9-6-10-17(12-16)24-2/h3-10,12,14,18,20,22H,11,13H2,1-2H3,(H,21,23). The van der Waals surface area contributed by atoms with Gasteiger partial charge in [-0.1, -0.05) is 36.4 Å². The Bertz CT molecular complexity index is 646. The molecule has 0 radical (unpaired) electrons. The molecular weight excluding hydrogens is 304 g/mol. The first-order valence-corrected chi connectivity index (χ1v) is 7.98. The molecule has 1 amide bonds. The molecule has 2 rings (SSSR count). The van der Waals surface area contributed by atoms with Crippen molar-refractivity contribution in [2.75, 3.05) is 19.0 Å². The molecule has 0 bridgehead atoms. The van der Waals surface area contributed by atoms with Gasteiger partial charge in [-0.25, -0.2) is 0 Å². The lowest BCUT2D eigenvalue weighted by Gasteiger charge is -2.22. The highest BCUT2D eigenvalue weighted by Gasteiger charge is 2.16. The monoisotopic (exact) mass is 328 g/mol. The van der Waals surface area contributed by atoms with Crippen LogP contribution in [0, 0.1) is 0 Å². The zero-order chi connectivity index (χ0) is 17.4. The van der Waals surface area contributed by atoms with Crippen LogP contribution >= 0.6 is 0 Å². The van der Waals surface area contributed by atoms with Crippen LogP contribution < -0.4 is 15.4 Å². The number of carbonyl (C=O) groups is 1. The van der Waals surface area contributed by atoms with E-state index >= 15 is 0 Å². The molecule has 0 saturated carbocycles. The first-order valence-electron chi connectivity index (χ1n) is 7.98. The molecule has 0 spiro atoms. The van der Waals surface area contributed by atoms with Gasteiger partial charge in [-0.2, -0.15) is 0 Å². The van der Waals surface area contributed by atoms with Crippen LogP contribution in [0.2, 0.25) is 0 Å². The molecule has 2 aromatic rings.